The van der Waals surface area contributed by atoms with Gasteiger partial charge in [0.25, 0.3) is 0 Å². The van der Waals surface area contributed by atoms with Gasteiger partial charge in [-0.3, -0.25) is 4.79 Å². The Kier molecular flexibility index (Phi) is 1.44. The number of fused-ring (bicyclic) bond motifs is 5. The van der Waals surface area contributed by atoms with Crippen molar-refractivity contribution >= 4 is 5.78 Å². The molecule has 0 spiro atoms. The number of carbonyl (C=O) groups excluding carboxylic acids is 1. The van der Waals surface area contributed by atoms with Gasteiger partial charge in [-0.05, 0) is 36.5 Å². The third-order valence-corrected chi connectivity index (χ3v) is 4.59. The Balaban J connectivity index is 1.96. The van der Waals surface area contributed by atoms with Crippen molar-refractivity contribution in [3.63, 3.8) is 0 Å². The van der Waals surface area contributed by atoms with Gasteiger partial charge in [-0.2, -0.15) is 0 Å². The molecule has 6 atom stereocenters. The standard InChI is InChI=1S/C11H16O2/c1-5-2-9(13)11-7-3-6(10(5)11)4-8(7)12/h5-8,10-12H,2-4H2,1H3/t5-,6-,7+,8-,10-,11-/m1/s1. The zero-order valence-electron chi connectivity index (χ0n) is 7.94. The minimum atomic E-state index is -0.166. The highest BCUT2D eigenvalue weighted by Crippen LogP contribution is 2.59. The van der Waals surface area contributed by atoms with Gasteiger partial charge in [0, 0.05) is 12.3 Å². The molecule has 0 aromatic rings. The van der Waals surface area contributed by atoms with Gasteiger partial charge >= 0.3 is 0 Å². The average Bonchev–Trinajstić information content (AvgIpc) is 2.64. The maximum atomic E-state index is 11.7. The molecule has 0 aromatic carbocycles. The predicted octanol–water partition coefficient (Wildman–Crippen LogP) is 1.23. The van der Waals surface area contributed by atoms with E-state index in [0.29, 0.717) is 29.5 Å². The highest BCUT2D eigenvalue weighted by Gasteiger charge is 2.59. The van der Waals surface area contributed by atoms with Crippen molar-refractivity contribution in [3.05, 3.63) is 0 Å². The van der Waals surface area contributed by atoms with Gasteiger partial charge in [-0.25, -0.2) is 0 Å². The lowest BCUT2D eigenvalue weighted by atomic mass is 9.77. The highest BCUT2D eigenvalue weighted by molar-refractivity contribution is 5.85. The van der Waals surface area contributed by atoms with Crippen LogP contribution in [0.25, 0.3) is 0 Å². The van der Waals surface area contributed by atoms with Crippen LogP contribution in [0, 0.1) is 29.6 Å². The van der Waals surface area contributed by atoms with Gasteiger partial charge < -0.3 is 5.11 Å². The maximum absolute atomic E-state index is 11.7. The Morgan fingerprint density at radius 3 is 2.92 bits per heavy atom. The molecule has 0 unspecified atom stereocenters. The molecule has 0 aliphatic heterocycles. The number of carbonyl (C=O) groups is 1. The zero-order chi connectivity index (χ0) is 9.16. The van der Waals surface area contributed by atoms with Crippen molar-refractivity contribution in [2.45, 2.75) is 32.3 Å². The molecule has 0 radical (unpaired) electrons. The molecular formula is C11H16O2. The zero-order valence-corrected chi connectivity index (χ0v) is 7.94. The van der Waals surface area contributed by atoms with E-state index in [4.69, 9.17) is 0 Å². The summed E-state index contributed by atoms with van der Waals surface area (Å²) in [6, 6.07) is 0. The van der Waals surface area contributed by atoms with E-state index in [1.54, 1.807) is 0 Å². The van der Waals surface area contributed by atoms with Crippen molar-refractivity contribution < 1.29 is 9.90 Å². The van der Waals surface area contributed by atoms with E-state index in [0.717, 1.165) is 19.3 Å². The van der Waals surface area contributed by atoms with Crippen LogP contribution in [0.2, 0.25) is 0 Å². The quantitative estimate of drug-likeness (QED) is 0.608. The number of rotatable bonds is 0. The summed E-state index contributed by atoms with van der Waals surface area (Å²) in [5, 5.41) is 9.72. The van der Waals surface area contributed by atoms with Gasteiger partial charge in [0.2, 0.25) is 0 Å². The first-order chi connectivity index (χ1) is 6.18. The second-order valence-corrected chi connectivity index (χ2v) is 5.21. The second-order valence-electron chi connectivity index (χ2n) is 5.21. The molecule has 72 valence electrons. The fourth-order valence-corrected chi connectivity index (χ4v) is 4.23. The highest BCUT2D eigenvalue weighted by atomic mass is 16.3. The molecule has 3 saturated carbocycles. The summed E-state index contributed by atoms with van der Waals surface area (Å²) >= 11 is 0. The van der Waals surface area contributed by atoms with Gasteiger partial charge in [-0.1, -0.05) is 6.92 Å². The van der Waals surface area contributed by atoms with E-state index in [9.17, 15) is 9.90 Å². The first-order valence-electron chi connectivity index (χ1n) is 5.39. The third-order valence-electron chi connectivity index (χ3n) is 4.59. The van der Waals surface area contributed by atoms with Crippen molar-refractivity contribution in [1.29, 1.82) is 0 Å². The van der Waals surface area contributed by atoms with Crippen molar-refractivity contribution in [1.82, 2.24) is 0 Å². The Bertz CT molecular complexity index is 261. The molecule has 0 amide bonds. The fourth-order valence-electron chi connectivity index (χ4n) is 4.23. The van der Waals surface area contributed by atoms with Gasteiger partial charge in [0.05, 0.1) is 6.10 Å². The molecule has 2 bridgehead atoms. The van der Waals surface area contributed by atoms with Crippen LogP contribution in [-0.2, 0) is 4.79 Å². The number of hydrogen-bond donors (Lipinski definition) is 1. The topological polar surface area (TPSA) is 37.3 Å². The molecule has 0 saturated heterocycles. The van der Waals surface area contributed by atoms with Crippen LogP contribution in [0.5, 0.6) is 0 Å². The number of aliphatic hydroxyl groups is 1. The number of Topliss-reactive ketones (excluding diaryl/α,β-unsaturated/α-hetero) is 1. The summed E-state index contributed by atoms with van der Waals surface area (Å²) in [6.07, 6.45) is 2.69. The van der Waals surface area contributed by atoms with E-state index >= 15 is 0 Å². The summed E-state index contributed by atoms with van der Waals surface area (Å²) < 4.78 is 0. The van der Waals surface area contributed by atoms with Gasteiger partial charge in [0.15, 0.2) is 0 Å². The SMILES string of the molecule is C[C@@H]1CC(=O)[C@H]2[C@H]3C[C@H](C[C@H]3O)[C@H]21. The summed E-state index contributed by atoms with van der Waals surface area (Å²) in [5.41, 5.74) is 0. The minimum absolute atomic E-state index is 0.166. The van der Waals surface area contributed by atoms with E-state index in [1.807, 2.05) is 0 Å². The van der Waals surface area contributed by atoms with Gasteiger partial charge in [0.1, 0.15) is 5.78 Å². The van der Waals surface area contributed by atoms with Crippen LogP contribution in [0.1, 0.15) is 26.2 Å². The summed E-state index contributed by atoms with van der Waals surface area (Å²) in [5.74, 6) is 2.87. The molecule has 2 heteroatoms. The number of hydrogen-bond acceptors (Lipinski definition) is 2. The first kappa shape index (κ1) is 7.98. The second kappa shape index (κ2) is 2.35. The monoisotopic (exact) mass is 180 g/mol. The molecule has 3 aliphatic rings. The maximum Gasteiger partial charge on any atom is 0.136 e. The number of ketones is 1. The van der Waals surface area contributed by atoms with Crippen LogP contribution in [0.4, 0.5) is 0 Å². The van der Waals surface area contributed by atoms with E-state index < -0.39 is 0 Å². The largest absolute Gasteiger partial charge is 0.393 e. The Morgan fingerprint density at radius 2 is 2.15 bits per heavy atom. The fraction of sp³-hybridized carbons (Fsp3) is 0.909. The Hall–Kier alpha value is -0.370. The van der Waals surface area contributed by atoms with Gasteiger partial charge in [-0.15, -0.1) is 0 Å². The molecular weight excluding hydrogens is 164 g/mol. The molecule has 2 nitrogen and oxygen atoms in total. The summed E-state index contributed by atoms with van der Waals surface area (Å²) in [6.45, 7) is 2.20. The molecule has 3 fully saturated rings. The molecule has 1 N–H and O–H groups in total. The van der Waals surface area contributed by atoms with E-state index in [1.165, 1.54) is 0 Å². The Labute approximate surface area is 78.3 Å². The molecule has 3 aliphatic carbocycles. The van der Waals surface area contributed by atoms with Crippen molar-refractivity contribution in [2.24, 2.45) is 29.6 Å². The van der Waals surface area contributed by atoms with E-state index in [2.05, 4.69) is 6.92 Å². The van der Waals surface area contributed by atoms with Crippen molar-refractivity contribution in [3.8, 4) is 0 Å². The summed E-state index contributed by atoms with van der Waals surface area (Å²) in [7, 11) is 0. The molecule has 0 aromatic heterocycles. The first-order valence-corrected chi connectivity index (χ1v) is 5.39. The minimum Gasteiger partial charge on any atom is -0.393 e. The summed E-state index contributed by atoms with van der Waals surface area (Å²) in [4.78, 5) is 11.7. The third kappa shape index (κ3) is 0.850. The number of aliphatic hydroxyl groups excluding tert-OH is 1. The van der Waals surface area contributed by atoms with Crippen LogP contribution >= 0.6 is 0 Å². The predicted molar refractivity (Wildman–Crippen MR) is 48.0 cm³/mol. The van der Waals surface area contributed by atoms with Crippen molar-refractivity contribution in [2.75, 3.05) is 0 Å². The van der Waals surface area contributed by atoms with Crippen LogP contribution in [0.15, 0.2) is 0 Å². The lowest BCUT2D eigenvalue weighted by molar-refractivity contribution is -0.124. The van der Waals surface area contributed by atoms with Crippen LogP contribution in [-0.4, -0.2) is 17.0 Å². The van der Waals surface area contributed by atoms with Crippen LogP contribution < -0.4 is 0 Å². The lowest BCUT2D eigenvalue weighted by Gasteiger charge is -2.29. The average molecular weight is 180 g/mol. The molecule has 3 rings (SSSR count). The lowest BCUT2D eigenvalue weighted by Crippen LogP contribution is -2.32. The van der Waals surface area contributed by atoms with Crippen LogP contribution in [0.3, 0.4) is 0 Å². The molecule has 13 heavy (non-hydrogen) atoms. The molecule has 0 heterocycles. The normalized spacial score (nSPS) is 58.8. The smallest absolute Gasteiger partial charge is 0.136 e. The van der Waals surface area contributed by atoms with E-state index in [-0.39, 0.29) is 12.0 Å². The Morgan fingerprint density at radius 1 is 1.38 bits per heavy atom.